The zero-order chi connectivity index (χ0) is 19.8. The standard InChI is InChI=1S/C17H10ClF4NO2S2/c18-14-7-10(17(20,21)22)9-23-15(14)8-12-3-6-16(26-12)27(24,25)13-4-1-11(19)2-5-13/h1-7,9H,8H2. The second-order valence-corrected chi connectivity index (χ2v) is 9.26. The van der Waals surface area contributed by atoms with Crippen LogP contribution >= 0.6 is 22.9 Å². The summed E-state index contributed by atoms with van der Waals surface area (Å²) in [4.78, 5) is 4.25. The van der Waals surface area contributed by atoms with E-state index in [9.17, 15) is 26.0 Å². The highest BCUT2D eigenvalue weighted by Gasteiger charge is 2.31. The molecule has 0 aliphatic heterocycles. The summed E-state index contributed by atoms with van der Waals surface area (Å²) in [5, 5.41) is -0.152. The van der Waals surface area contributed by atoms with E-state index in [2.05, 4.69) is 4.98 Å². The molecule has 0 unspecified atom stereocenters. The fourth-order valence-electron chi connectivity index (χ4n) is 2.24. The van der Waals surface area contributed by atoms with Crippen molar-refractivity contribution in [3.05, 3.63) is 75.6 Å². The number of nitrogens with zero attached hydrogens (tertiary/aromatic N) is 1. The number of halogens is 5. The van der Waals surface area contributed by atoms with Crippen LogP contribution in [0.2, 0.25) is 5.02 Å². The van der Waals surface area contributed by atoms with Gasteiger partial charge in [-0.3, -0.25) is 4.98 Å². The summed E-state index contributed by atoms with van der Waals surface area (Å²) in [6, 6.07) is 8.14. The van der Waals surface area contributed by atoms with Crippen molar-refractivity contribution in [2.45, 2.75) is 21.7 Å². The number of benzene rings is 1. The number of pyridine rings is 1. The molecule has 2 heterocycles. The number of rotatable bonds is 4. The average Bonchev–Trinajstić information content (AvgIpc) is 3.05. The third-order valence-corrected chi connectivity index (χ3v) is 7.29. The van der Waals surface area contributed by atoms with Crippen molar-refractivity contribution in [1.29, 1.82) is 0 Å². The molecular formula is C17H10ClF4NO2S2. The Hall–Kier alpha value is -1.97. The Labute approximate surface area is 161 Å². The molecule has 0 spiro atoms. The lowest BCUT2D eigenvalue weighted by Gasteiger charge is -2.08. The molecule has 0 fully saturated rings. The highest BCUT2D eigenvalue weighted by atomic mass is 35.5. The van der Waals surface area contributed by atoms with Crippen LogP contribution in [0.4, 0.5) is 17.6 Å². The first kappa shape index (κ1) is 19.8. The van der Waals surface area contributed by atoms with E-state index in [0.29, 0.717) is 11.1 Å². The van der Waals surface area contributed by atoms with Crippen LogP contribution in [0, 0.1) is 5.82 Å². The second kappa shape index (κ2) is 7.21. The molecule has 0 saturated heterocycles. The van der Waals surface area contributed by atoms with E-state index in [4.69, 9.17) is 11.6 Å². The Morgan fingerprint density at radius 3 is 2.33 bits per heavy atom. The Balaban J connectivity index is 1.85. The van der Waals surface area contributed by atoms with E-state index in [1.54, 1.807) is 0 Å². The number of aromatic nitrogens is 1. The van der Waals surface area contributed by atoms with Crippen molar-refractivity contribution in [2.75, 3.05) is 0 Å². The molecule has 1 aromatic carbocycles. The molecule has 0 bridgehead atoms. The number of sulfone groups is 1. The Kier molecular flexibility index (Phi) is 5.29. The van der Waals surface area contributed by atoms with Gasteiger partial charge in [0.15, 0.2) is 0 Å². The van der Waals surface area contributed by atoms with Crippen LogP contribution in [0.3, 0.4) is 0 Å². The summed E-state index contributed by atoms with van der Waals surface area (Å²) in [6.07, 6.45) is -3.78. The van der Waals surface area contributed by atoms with Crippen LogP contribution in [0.25, 0.3) is 0 Å². The van der Waals surface area contributed by atoms with Crippen LogP contribution in [-0.2, 0) is 22.4 Å². The third kappa shape index (κ3) is 4.31. The molecule has 3 aromatic rings. The van der Waals surface area contributed by atoms with Gasteiger partial charge in [0.25, 0.3) is 0 Å². The molecule has 3 rings (SSSR count). The van der Waals surface area contributed by atoms with Gasteiger partial charge in [0, 0.05) is 17.5 Å². The molecule has 0 aliphatic rings. The second-order valence-electron chi connectivity index (χ2n) is 5.51. The van der Waals surface area contributed by atoms with Crippen LogP contribution in [-0.4, -0.2) is 13.4 Å². The van der Waals surface area contributed by atoms with Crippen molar-refractivity contribution in [3.8, 4) is 0 Å². The highest BCUT2D eigenvalue weighted by Crippen LogP contribution is 2.33. The lowest BCUT2D eigenvalue weighted by Crippen LogP contribution is -2.06. The quantitative estimate of drug-likeness (QED) is 0.408. The van der Waals surface area contributed by atoms with E-state index in [0.717, 1.165) is 29.5 Å². The summed E-state index contributed by atoms with van der Waals surface area (Å²) < 4.78 is 76.1. The largest absolute Gasteiger partial charge is 0.417 e. The molecule has 0 aliphatic carbocycles. The smallest absolute Gasteiger partial charge is 0.259 e. The molecule has 27 heavy (non-hydrogen) atoms. The zero-order valence-corrected chi connectivity index (χ0v) is 15.7. The highest BCUT2D eigenvalue weighted by molar-refractivity contribution is 7.93. The van der Waals surface area contributed by atoms with Gasteiger partial charge in [-0.2, -0.15) is 13.2 Å². The molecule has 0 amide bonds. The fraction of sp³-hybridized carbons (Fsp3) is 0.118. The first-order chi connectivity index (χ1) is 12.6. The Bertz CT molecular complexity index is 1080. The predicted octanol–water partition coefficient (Wildman–Crippen LogP) is 5.38. The van der Waals surface area contributed by atoms with Gasteiger partial charge in [-0.15, -0.1) is 11.3 Å². The molecule has 0 N–H and O–H groups in total. The maximum absolute atomic E-state index is 13.0. The molecule has 2 aromatic heterocycles. The minimum atomic E-state index is -4.55. The van der Waals surface area contributed by atoms with Crippen molar-refractivity contribution in [2.24, 2.45) is 0 Å². The Morgan fingerprint density at radius 2 is 1.74 bits per heavy atom. The van der Waals surface area contributed by atoms with Gasteiger partial charge in [-0.05, 0) is 42.5 Å². The third-order valence-electron chi connectivity index (χ3n) is 3.61. The van der Waals surface area contributed by atoms with Gasteiger partial charge in [-0.25, -0.2) is 12.8 Å². The molecule has 0 radical (unpaired) electrons. The minimum Gasteiger partial charge on any atom is -0.259 e. The lowest BCUT2D eigenvalue weighted by atomic mass is 10.2. The van der Waals surface area contributed by atoms with E-state index in [1.807, 2.05) is 0 Å². The summed E-state index contributed by atoms with van der Waals surface area (Å²) in [6.45, 7) is 0. The zero-order valence-electron chi connectivity index (χ0n) is 13.3. The molecule has 0 saturated carbocycles. The maximum atomic E-state index is 13.0. The molecule has 142 valence electrons. The van der Waals surface area contributed by atoms with Gasteiger partial charge < -0.3 is 0 Å². The lowest BCUT2D eigenvalue weighted by molar-refractivity contribution is -0.137. The van der Waals surface area contributed by atoms with Crippen LogP contribution in [0.15, 0.2) is 57.8 Å². The van der Waals surface area contributed by atoms with Gasteiger partial charge in [0.1, 0.15) is 10.0 Å². The predicted molar refractivity (Wildman–Crippen MR) is 93.2 cm³/mol. The molecular weight excluding hydrogens is 426 g/mol. The monoisotopic (exact) mass is 435 g/mol. The maximum Gasteiger partial charge on any atom is 0.417 e. The Morgan fingerprint density at radius 1 is 1.07 bits per heavy atom. The van der Waals surface area contributed by atoms with E-state index >= 15 is 0 Å². The molecule has 10 heteroatoms. The van der Waals surface area contributed by atoms with Crippen LogP contribution < -0.4 is 0 Å². The summed E-state index contributed by atoms with van der Waals surface area (Å²) in [5.41, 5.74) is -0.751. The fourth-order valence-corrected chi connectivity index (χ4v) is 5.24. The van der Waals surface area contributed by atoms with Gasteiger partial charge in [0.2, 0.25) is 9.84 Å². The summed E-state index contributed by atoms with van der Waals surface area (Å²) >= 11 is 6.83. The summed E-state index contributed by atoms with van der Waals surface area (Å²) in [5.74, 6) is -0.552. The SMILES string of the molecule is O=S(=O)(c1ccc(F)cc1)c1ccc(Cc2ncc(C(F)(F)F)cc2Cl)s1. The normalized spacial score (nSPS) is 12.3. The van der Waals surface area contributed by atoms with E-state index in [1.165, 1.54) is 24.3 Å². The van der Waals surface area contributed by atoms with Crippen LogP contribution in [0.1, 0.15) is 16.1 Å². The van der Waals surface area contributed by atoms with E-state index < -0.39 is 27.4 Å². The van der Waals surface area contributed by atoms with E-state index in [-0.39, 0.29) is 26.2 Å². The molecule has 3 nitrogen and oxygen atoms in total. The number of thiophene rings is 1. The topological polar surface area (TPSA) is 47.0 Å². The van der Waals surface area contributed by atoms with Crippen molar-refractivity contribution in [1.82, 2.24) is 4.98 Å². The van der Waals surface area contributed by atoms with Crippen molar-refractivity contribution >= 4 is 32.8 Å². The van der Waals surface area contributed by atoms with Gasteiger partial charge >= 0.3 is 6.18 Å². The van der Waals surface area contributed by atoms with Crippen molar-refractivity contribution < 1.29 is 26.0 Å². The summed E-state index contributed by atoms with van der Waals surface area (Å²) in [7, 11) is -3.81. The van der Waals surface area contributed by atoms with Gasteiger partial charge in [0.05, 0.1) is 21.2 Å². The average molecular weight is 436 g/mol. The van der Waals surface area contributed by atoms with Crippen molar-refractivity contribution in [3.63, 3.8) is 0 Å². The van der Waals surface area contributed by atoms with Crippen LogP contribution in [0.5, 0.6) is 0 Å². The number of alkyl halides is 3. The first-order valence-corrected chi connectivity index (χ1v) is 10.1. The number of hydrogen-bond donors (Lipinski definition) is 0. The molecule has 0 atom stereocenters. The first-order valence-electron chi connectivity index (χ1n) is 7.38. The number of hydrogen-bond acceptors (Lipinski definition) is 4. The minimum absolute atomic E-state index is 0.0344. The van der Waals surface area contributed by atoms with Gasteiger partial charge in [-0.1, -0.05) is 11.6 Å².